The van der Waals surface area contributed by atoms with Gasteiger partial charge in [-0.05, 0) is 22.9 Å². The van der Waals surface area contributed by atoms with Crippen LogP contribution in [0.15, 0.2) is 11.4 Å². The van der Waals surface area contributed by atoms with Crippen LogP contribution in [-0.4, -0.2) is 5.49 Å². The summed E-state index contributed by atoms with van der Waals surface area (Å²) in [7, 11) is 0. The molecule has 1 nitrogen and oxygen atoms in total. The van der Waals surface area contributed by atoms with Crippen molar-refractivity contribution < 1.29 is 0 Å². The number of thiophene rings is 1. The van der Waals surface area contributed by atoms with E-state index in [1.165, 1.54) is 10.6 Å². The zero-order valence-electron chi connectivity index (χ0n) is 6.63. The highest BCUT2D eigenvalue weighted by Gasteiger charge is 2.05. The largest absolute Gasteiger partial charge is 0.344 e. The fourth-order valence-corrected chi connectivity index (χ4v) is 2.05. The van der Waals surface area contributed by atoms with Gasteiger partial charge in [0.15, 0.2) is 0 Å². The molecule has 0 unspecified atom stereocenters. The van der Waals surface area contributed by atoms with Crippen LogP contribution in [0.5, 0.6) is 0 Å². The van der Waals surface area contributed by atoms with Crippen LogP contribution in [0.4, 0.5) is 5.00 Å². The molecule has 0 aliphatic carbocycles. The molecule has 3 heteroatoms. The van der Waals surface area contributed by atoms with Gasteiger partial charge in [-0.1, -0.05) is 26.1 Å². The van der Waals surface area contributed by atoms with Gasteiger partial charge in [0, 0.05) is 0 Å². The first kappa shape index (κ1) is 8.68. The molecule has 0 spiro atoms. The maximum atomic E-state index is 4.72. The smallest absolute Gasteiger partial charge is 0.0963 e. The third kappa shape index (κ3) is 2.01. The molecule has 0 fully saturated rings. The Balaban J connectivity index is 2.86. The van der Waals surface area contributed by atoms with E-state index in [1.54, 1.807) is 16.8 Å². The summed E-state index contributed by atoms with van der Waals surface area (Å²) in [6.45, 7) is 4.35. The van der Waals surface area contributed by atoms with E-state index in [9.17, 15) is 0 Å². The second-order valence-electron chi connectivity index (χ2n) is 2.62. The van der Waals surface area contributed by atoms with Crippen molar-refractivity contribution >= 4 is 34.0 Å². The molecule has 0 aromatic carbocycles. The summed E-state index contributed by atoms with van der Waals surface area (Å²) in [6.07, 6.45) is 0. The van der Waals surface area contributed by atoms with Gasteiger partial charge in [0.2, 0.25) is 0 Å². The second-order valence-corrected chi connectivity index (χ2v) is 3.77. The van der Waals surface area contributed by atoms with E-state index in [-0.39, 0.29) is 0 Å². The Bertz CT molecular complexity index is 240. The minimum Gasteiger partial charge on any atom is -0.344 e. The van der Waals surface area contributed by atoms with Crippen LogP contribution in [0, 0.1) is 0 Å². The lowest BCUT2D eigenvalue weighted by Gasteiger charge is -2.04. The van der Waals surface area contributed by atoms with Crippen molar-refractivity contribution in [1.82, 2.24) is 0 Å². The van der Waals surface area contributed by atoms with Gasteiger partial charge in [-0.15, -0.1) is 11.3 Å². The summed E-state index contributed by atoms with van der Waals surface area (Å²) >= 11 is 6.41. The minimum atomic E-state index is 0.568. The quantitative estimate of drug-likeness (QED) is 0.725. The van der Waals surface area contributed by atoms with Gasteiger partial charge in [0.05, 0.1) is 10.5 Å². The molecule has 60 valence electrons. The van der Waals surface area contributed by atoms with Gasteiger partial charge >= 0.3 is 0 Å². The summed E-state index contributed by atoms with van der Waals surface area (Å²) in [4.78, 5) is 0. The molecule has 11 heavy (non-hydrogen) atoms. The predicted molar refractivity (Wildman–Crippen MR) is 55.7 cm³/mol. The van der Waals surface area contributed by atoms with Crippen LogP contribution in [-0.2, 0) is 0 Å². The zero-order valence-corrected chi connectivity index (χ0v) is 8.26. The second kappa shape index (κ2) is 3.83. The Labute approximate surface area is 76.4 Å². The summed E-state index contributed by atoms with van der Waals surface area (Å²) in [5.74, 6) is 0.568. The highest BCUT2D eigenvalue weighted by molar-refractivity contribution is 7.79. The van der Waals surface area contributed by atoms with E-state index < -0.39 is 0 Å². The Morgan fingerprint density at radius 3 is 2.91 bits per heavy atom. The fraction of sp³-hybridized carbons (Fsp3) is 0.375. The number of hydrogen-bond acceptors (Lipinski definition) is 2. The maximum Gasteiger partial charge on any atom is 0.0963 e. The molecule has 1 aromatic rings. The number of rotatable bonds is 3. The molecule has 0 atom stereocenters. The predicted octanol–water partition coefficient (Wildman–Crippen LogP) is 3.24. The van der Waals surface area contributed by atoms with Crippen molar-refractivity contribution in [1.29, 1.82) is 0 Å². The lowest BCUT2D eigenvalue weighted by molar-refractivity contribution is 0.874. The molecule has 0 saturated heterocycles. The third-order valence-corrected chi connectivity index (χ3v) is 2.49. The van der Waals surface area contributed by atoms with E-state index in [2.05, 4.69) is 30.6 Å². The summed E-state index contributed by atoms with van der Waals surface area (Å²) in [6, 6.07) is 2.14. The van der Waals surface area contributed by atoms with Crippen molar-refractivity contribution in [2.75, 3.05) is 5.32 Å². The van der Waals surface area contributed by atoms with Gasteiger partial charge in [-0.25, -0.2) is 0 Å². The van der Waals surface area contributed by atoms with E-state index in [0.717, 1.165) is 0 Å². The van der Waals surface area contributed by atoms with Crippen molar-refractivity contribution in [3.8, 4) is 0 Å². The lowest BCUT2D eigenvalue weighted by Crippen LogP contribution is -1.94. The first-order valence-electron chi connectivity index (χ1n) is 3.53. The number of hydrogen-bond donors (Lipinski definition) is 1. The highest BCUT2D eigenvalue weighted by Crippen LogP contribution is 2.28. The zero-order chi connectivity index (χ0) is 8.27. The van der Waals surface area contributed by atoms with Crippen LogP contribution in [0.25, 0.3) is 0 Å². The Kier molecular flexibility index (Phi) is 3.02. The molecule has 0 aliphatic rings. The average molecular weight is 185 g/mol. The Morgan fingerprint density at radius 2 is 2.36 bits per heavy atom. The average Bonchev–Trinajstić information content (AvgIpc) is 2.36. The molecule has 1 rings (SSSR count). The first-order chi connectivity index (χ1) is 5.25. The van der Waals surface area contributed by atoms with Crippen molar-refractivity contribution in [3.63, 3.8) is 0 Å². The van der Waals surface area contributed by atoms with E-state index in [4.69, 9.17) is 12.2 Å². The van der Waals surface area contributed by atoms with Crippen LogP contribution < -0.4 is 5.32 Å². The van der Waals surface area contributed by atoms with Gasteiger partial charge in [0.25, 0.3) is 0 Å². The molecule has 1 heterocycles. The summed E-state index contributed by atoms with van der Waals surface area (Å²) in [5, 5.41) is 6.30. The van der Waals surface area contributed by atoms with E-state index >= 15 is 0 Å². The summed E-state index contributed by atoms with van der Waals surface area (Å²) < 4.78 is 0. The first-order valence-corrected chi connectivity index (χ1v) is 4.88. The molecule has 0 aliphatic heterocycles. The van der Waals surface area contributed by atoms with Gasteiger partial charge in [-0.2, -0.15) is 0 Å². The highest BCUT2D eigenvalue weighted by atomic mass is 32.1. The molecule has 1 N–H and O–H groups in total. The molecule has 0 radical (unpaired) electrons. The number of thiocarbonyl (C=S) groups is 1. The topological polar surface area (TPSA) is 12.0 Å². The monoisotopic (exact) mass is 185 g/mol. The normalized spacial score (nSPS) is 10.1. The van der Waals surface area contributed by atoms with Crippen LogP contribution in [0.2, 0.25) is 0 Å². The Morgan fingerprint density at radius 1 is 1.64 bits per heavy atom. The molecule has 0 amide bonds. The van der Waals surface area contributed by atoms with Gasteiger partial charge in [-0.3, -0.25) is 0 Å². The summed E-state index contributed by atoms with van der Waals surface area (Å²) in [5.41, 5.74) is 2.90. The lowest BCUT2D eigenvalue weighted by atomic mass is 10.1. The van der Waals surface area contributed by atoms with E-state index in [1.807, 2.05) is 0 Å². The third-order valence-electron chi connectivity index (χ3n) is 1.51. The Hall–Kier alpha value is -0.410. The minimum absolute atomic E-state index is 0.568. The van der Waals surface area contributed by atoms with Crippen molar-refractivity contribution in [2.45, 2.75) is 19.8 Å². The van der Waals surface area contributed by atoms with Crippen LogP contribution in [0.3, 0.4) is 0 Å². The van der Waals surface area contributed by atoms with Crippen molar-refractivity contribution in [2.24, 2.45) is 0 Å². The SMILES string of the molecule is CC(C)c1ccsc1NC=S. The molecular weight excluding hydrogens is 174 g/mol. The van der Waals surface area contributed by atoms with Gasteiger partial charge < -0.3 is 5.32 Å². The molecule has 1 aromatic heterocycles. The standard InChI is InChI=1S/C8H11NS2/c1-6(2)7-3-4-11-8(7)9-5-10/h3-6H,1-2H3,(H,9,10). The number of anilines is 1. The van der Waals surface area contributed by atoms with Crippen LogP contribution in [0.1, 0.15) is 25.3 Å². The molecule has 0 saturated carbocycles. The molecule has 0 bridgehead atoms. The van der Waals surface area contributed by atoms with Crippen molar-refractivity contribution in [3.05, 3.63) is 17.0 Å². The fourth-order valence-electron chi connectivity index (χ4n) is 0.945. The van der Waals surface area contributed by atoms with Gasteiger partial charge in [0.1, 0.15) is 0 Å². The van der Waals surface area contributed by atoms with Crippen LogP contribution >= 0.6 is 23.6 Å². The number of nitrogens with one attached hydrogen (secondary N) is 1. The maximum absolute atomic E-state index is 4.72. The molecular formula is C8H11NS2. The van der Waals surface area contributed by atoms with E-state index in [0.29, 0.717) is 5.92 Å².